The van der Waals surface area contributed by atoms with Gasteiger partial charge in [-0.1, -0.05) is 52.8 Å². The molecule has 3 aliphatic carbocycles. The SMILES string of the molecule is C=C1[C@H]2C[C@H](OC(=O)CC)[C@@]3(C)CC[C@@H]([C@H](C)[C@@H](OC(=O)CC)C/C=C(\C)[C@H](OC(=O)CC)C2)[C@@H]13. The zero-order valence-corrected chi connectivity index (χ0v) is 22.4. The van der Waals surface area contributed by atoms with Crippen LogP contribution < -0.4 is 0 Å². The first-order valence-corrected chi connectivity index (χ1v) is 13.5. The summed E-state index contributed by atoms with van der Waals surface area (Å²) in [7, 11) is 0. The summed E-state index contributed by atoms with van der Waals surface area (Å²) in [5.41, 5.74) is 1.92. The first kappa shape index (κ1) is 27.5. The predicted molar refractivity (Wildman–Crippen MR) is 134 cm³/mol. The van der Waals surface area contributed by atoms with Crippen LogP contribution in [0.15, 0.2) is 23.8 Å². The number of rotatable bonds is 6. The van der Waals surface area contributed by atoms with Crippen molar-refractivity contribution in [3.8, 4) is 0 Å². The molecule has 3 aliphatic rings. The quantitative estimate of drug-likeness (QED) is 0.262. The lowest BCUT2D eigenvalue weighted by Crippen LogP contribution is -2.49. The highest BCUT2D eigenvalue weighted by molar-refractivity contribution is 5.70. The van der Waals surface area contributed by atoms with Crippen LogP contribution in [0, 0.1) is 29.1 Å². The lowest BCUT2D eigenvalue weighted by atomic mass is 9.58. The van der Waals surface area contributed by atoms with Gasteiger partial charge >= 0.3 is 17.9 Å². The van der Waals surface area contributed by atoms with Crippen LogP contribution in [-0.2, 0) is 28.6 Å². The van der Waals surface area contributed by atoms with Crippen molar-refractivity contribution in [1.29, 1.82) is 0 Å². The van der Waals surface area contributed by atoms with Gasteiger partial charge in [-0.25, -0.2) is 0 Å². The van der Waals surface area contributed by atoms with Crippen molar-refractivity contribution in [2.24, 2.45) is 29.1 Å². The molecule has 0 unspecified atom stereocenters. The second kappa shape index (κ2) is 11.3. The Labute approximate surface area is 210 Å². The van der Waals surface area contributed by atoms with Gasteiger partial charge < -0.3 is 14.2 Å². The monoisotopic (exact) mass is 488 g/mol. The fourth-order valence-electron chi connectivity index (χ4n) is 6.68. The normalized spacial score (nSPS) is 38.5. The molecule has 0 spiro atoms. The molecule has 6 heteroatoms. The molecule has 2 bridgehead atoms. The molecule has 35 heavy (non-hydrogen) atoms. The topological polar surface area (TPSA) is 78.9 Å². The number of ether oxygens (including phenoxy) is 3. The van der Waals surface area contributed by atoms with Crippen molar-refractivity contribution in [2.45, 2.75) is 111 Å². The van der Waals surface area contributed by atoms with Gasteiger partial charge in [0.05, 0.1) is 0 Å². The smallest absolute Gasteiger partial charge is 0.306 e. The van der Waals surface area contributed by atoms with E-state index in [-0.39, 0.29) is 65.3 Å². The molecule has 0 N–H and O–H groups in total. The first-order chi connectivity index (χ1) is 16.5. The summed E-state index contributed by atoms with van der Waals surface area (Å²) in [5.74, 6) is -0.00308. The Morgan fingerprint density at radius 1 is 1.00 bits per heavy atom. The third-order valence-electron chi connectivity index (χ3n) is 8.95. The molecule has 0 radical (unpaired) electrons. The summed E-state index contributed by atoms with van der Waals surface area (Å²) in [5, 5.41) is 0. The van der Waals surface area contributed by atoms with Gasteiger partial charge in [0, 0.05) is 31.1 Å². The van der Waals surface area contributed by atoms with E-state index < -0.39 is 0 Å². The van der Waals surface area contributed by atoms with Crippen molar-refractivity contribution < 1.29 is 28.6 Å². The van der Waals surface area contributed by atoms with Crippen molar-refractivity contribution in [3.05, 3.63) is 23.8 Å². The number of esters is 3. The standard InChI is InChI=1S/C29H44O6/c1-8-25(30)33-22-12-11-17(4)23(34-26(31)9-2)15-20-16-24(35-27(32)10-3)29(7)14-13-21(19(22)6)28(29)18(20)5/h11,19-24,28H,5,8-10,12-16H2,1-4,6-7H3/b17-11+/t19-,20+,21-,22-,23+,24-,28+,29+/m0/s1. The van der Waals surface area contributed by atoms with Crippen molar-refractivity contribution in [3.63, 3.8) is 0 Å². The van der Waals surface area contributed by atoms with Crippen molar-refractivity contribution in [2.75, 3.05) is 0 Å². The lowest BCUT2D eigenvalue weighted by Gasteiger charge is -2.50. The Morgan fingerprint density at radius 3 is 2.23 bits per heavy atom. The Morgan fingerprint density at radius 2 is 1.60 bits per heavy atom. The molecule has 0 saturated heterocycles. The highest BCUT2D eigenvalue weighted by Crippen LogP contribution is 2.61. The summed E-state index contributed by atoms with van der Waals surface area (Å²) in [6.07, 6.45) is 6.03. The van der Waals surface area contributed by atoms with Gasteiger partial charge in [0.2, 0.25) is 0 Å². The Hall–Kier alpha value is -2.11. The van der Waals surface area contributed by atoms with E-state index in [0.717, 1.165) is 18.4 Å². The zero-order chi connectivity index (χ0) is 25.9. The van der Waals surface area contributed by atoms with E-state index in [2.05, 4.69) is 26.5 Å². The Balaban J connectivity index is 2.06. The molecule has 6 nitrogen and oxygen atoms in total. The van der Waals surface area contributed by atoms with Crippen LogP contribution in [0.4, 0.5) is 0 Å². The fraction of sp³-hybridized carbons (Fsp3) is 0.759. The van der Waals surface area contributed by atoms with E-state index in [9.17, 15) is 14.4 Å². The number of carbonyl (C=O) groups is 3. The van der Waals surface area contributed by atoms with Crippen LogP contribution in [0.5, 0.6) is 0 Å². The summed E-state index contributed by atoms with van der Waals surface area (Å²) < 4.78 is 17.9. The molecule has 3 rings (SSSR count). The van der Waals surface area contributed by atoms with Gasteiger partial charge in [-0.2, -0.15) is 0 Å². The summed E-state index contributed by atoms with van der Waals surface area (Å²) in [6.45, 7) is 16.5. The van der Waals surface area contributed by atoms with Gasteiger partial charge in [0.15, 0.2) is 0 Å². The average molecular weight is 489 g/mol. The van der Waals surface area contributed by atoms with Crippen molar-refractivity contribution in [1.82, 2.24) is 0 Å². The predicted octanol–water partition coefficient (Wildman–Crippen LogP) is 5.94. The molecule has 2 fully saturated rings. The third kappa shape index (κ3) is 5.67. The second-order valence-electron chi connectivity index (χ2n) is 11.0. The van der Waals surface area contributed by atoms with Crippen molar-refractivity contribution >= 4 is 17.9 Å². The van der Waals surface area contributed by atoms with Gasteiger partial charge in [-0.15, -0.1) is 0 Å². The molecule has 0 aromatic heterocycles. The largest absolute Gasteiger partial charge is 0.462 e. The van der Waals surface area contributed by atoms with Gasteiger partial charge in [-0.3, -0.25) is 14.4 Å². The van der Waals surface area contributed by atoms with Gasteiger partial charge in [-0.05, 0) is 61.9 Å². The second-order valence-corrected chi connectivity index (χ2v) is 11.0. The number of hydrogen-bond donors (Lipinski definition) is 0. The fourth-order valence-corrected chi connectivity index (χ4v) is 6.68. The number of allylic oxidation sites excluding steroid dienone is 1. The van der Waals surface area contributed by atoms with E-state index in [1.54, 1.807) is 6.92 Å². The highest BCUT2D eigenvalue weighted by atomic mass is 16.6. The summed E-state index contributed by atoms with van der Waals surface area (Å²) in [6, 6.07) is 0. The maximum atomic E-state index is 12.4. The van der Waals surface area contributed by atoms with Crippen LogP contribution in [0.2, 0.25) is 0 Å². The number of fused-ring (bicyclic) bond motifs is 1. The van der Waals surface area contributed by atoms with Crippen LogP contribution in [0.1, 0.15) is 92.9 Å². The van der Waals surface area contributed by atoms with Crippen LogP contribution in [0.25, 0.3) is 0 Å². The average Bonchev–Trinajstić information content (AvgIpc) is 3.20. The van der Waals surface area contributed by atoms with Gasteiger partial charge in [0.25, 0.3) is 0 Å². The van der Waals surface area contributed by atoms with E-state index in [0.29, 0.717) is 38.5 Å². The molecule has 0 aromatic carbocycles. The van der Waals surface area contributed by atoms with E-state index in [1.165, 1.54) is 5.57 Å². The molecule has 8 atom stereocenters. The minimum Gasteiger partial charge on any atom is -0.462 e. The number of hydrogen-bond acceptors (Lipinski definition) is 6. The minimum atomic E-state index is -0.383. The summed E-state index contributed by atoms with van der Waals surface area (Å²) >= 11 is 0. The molecule has 0 aromatic rings. The third-order valence-corrected chi connectivity index (χ3v) is 8.95. The first-order valence-electron chi connectivity index (χ1n) is 13.5. The van der Waals surface area contributed by atoms with Crippen LogP contribution >= 0.6 is 0 Å². The molecule has 0 amide bonds. The molecule has 0 heterocycles. The molecule has 2 saturated carbocycles. The van der Waals surface area contributed by atoms with E-state index in [4.69, 9.17) is 14.2 Å². The lowest BCUT2D eigenvalue weighted by molar-refractivity contribution is -0.163. The molecular formula is C29H44O6. The van der Waals surface area contributed by atoms with Crippen LogP contribution in [-0.4, -0.2) is 36.2 Å². The molecule has 0 aliphatic heterocycles. The van der Waals surface area contributed by atoms with Gasteiger partial charge in [0.1, 0.15) is 18.3 Å². The maximum Gasteiger partial charge on any atom is 0.306 e. The maximum absolute atomic E-state index is 12.4. The van der Waals surface area contributed by atoms with E-state index in [1.807, 2.05) is 20.8 Å². The highest BCUT2D eigenvalue weighted by Gasteiger charge is 2.58. The minimum absolute atomic E-state index is 0.0725. The zero-order valence-electron chi connectivity index (χ0n) is 22.4. The molecular weight excluding hydrogens is 444 g/mol. The molecule has 196 valence electrons. The number of carbonyl (C=O) groups excluding carboxylic acids is 3. The Bertz CT molecular complexity index is 859. The summed E-state index contributed by atoms with van der Waals surface area (Å²) in [4.78, 5) is 37.1. The Kier molecular flexibility index (Phi) is 8.87. The van der Waals surface area contributed by atoms with Crippen LogP contribution in [0.3, 0.4) is 0 Å². The van der Waals surface area contributed by atoms with E-state index >= 15 is 0 Å².